The lowest BCUT2D eigenvalue weighted by Gasteiger charge is -2.17. The van der Waals surface area contributed by atoms with Crippen LogP contribution in [0.2, 0.25) is 0 Å². The Bertz CT molecular complexity index is 934. The number of halogens is 3. The molecule has 1 aliphatic rings. The van der Waals surface area contributed by atoms with Crippen molar-refractivity contribution in [1.82, 2.24) is 19.3 Å². The molecule has 3 aromatic heterocycles. The molecule has 0 N–H and O–H groups in total. The Hall–Kier alpha value is -2.55. The molecular weight excluding hydrogens is 375 g/mol. The van der Waals surface area contributed by atoms with Gasteiger partial charge >= 0.3 is 6.18 Å². The van der Waals surface area contributed by atoms with Gasteiger partial charge in [0, 0.05) is 43.3 Å². The van der Waals surface area contributed by atoms with Gasteiger partial charge in [0.2, 0.25) is 0 Å². The number of alkyl halides is 3. The first-order chi connectivity index (χ1) is 13.0. The van der Waals surface area contributed by atoms with Crippen LogP contribution < -0.4 is 4.90 Å². The summed E-state index contributed by atoms with van der Waals surface area (Å²) >= 11 is 1.15. The summed E-state index contributed by atoms with van der Waals surface area (Å²) in [5, 5.41) is 0.690. The third-order valence-corrected chi connectivity index (χ3v) is 5.10. The fraction of sp³-hybridized carbons (Fsp3) is 0.333. The number of anilines is 1. The fourth-order valence-corrected chi connectivity index (χ4v) is 3.71. The summed E-state index contributed by atoms with van der Waals surface area (Å²) in [6.45, 7) is 2.10. The van der Waals surface area contributed by atoms with Crippen molar-refractivity contribution in [1.29, 1.82) is 0 Å². The molecule has 0 aromatic carbocycles. The molecule has 1 saturated heterocycles. The van der Waals surface area contributed by atoms with Gasteiger partial charge in [-0.1, -0.05) is 0 Å². The molecule has 9 heteroatoms. The third kappa shape index (κ3) is 4.08. The molecule has 5 nitrogen and oxygen atoms in total. The van der Waals surface area contributed by atoms with Gasteiger partial charge in [0.25, 0.3) is 0 Å². The van der Waals surface area contributed by atoms with Crippen molar-refractivity contribution in [3.05, 3.63) is 52.9 Å². The van der Waals surface area contributed by atoms with Gasteiger partial charge in [0.05, 0.1) is 5.56 Å². The molecule has 27 heavy (non-hydrogen) atoms. The first-order valence-corrected chi connectivity index (χ1v) is 9.32. The lowest BCUT2D eigenvalue weighted by molar-refractivity contribution is -0.137. The summed E-state index contributed by atoms with van der Waals surface area (Å²) in [7, 11) is 0. The highest BCUT2D eigenvalue weighted by Crippen LogP contribution is 2.31. The Kier molecular flexibility index (Phi) is 4.77. The smallest absolute Gasteiger partial charge is 0.371 e. The van der Waals surface area contributed by atoms with Crippen LogP contribution in [-0.4, -0.2) is 32.4 Å². The summed E-state index contributed by atoms with van der Waals surface area (Å²) in [5.41, 5.74) is 1.36. The van der Waals surface area contributed by atoms with Gasteiger partial charge < -0.3 is 4.90 Å². The van der Waals surface area contributed by atoms with Crippen molar-refractivity contribution in [2.75, 3.05) is 18.0 Å². The fourth-order valence-electron chi connectivity index (χ4n) is 3.05. The van der Waals surface area contributed by atoms with Crippen molar-refractivity contribution in [2.45, 2.75) is 25.4 Å². The van der Waals surface area contributed by atoms with Crippen LogP contribution in [0.5, 0.6) is 0 Å². The van der Waals surface area contributed by atoms with E-state index in [2.05, 4.69) is 24.2 Å². The minimum Gasteiger partial charge on any atom is -0.371 e. The zero-order valence-corrected chi connectivity index (χ0v) is 15.1. The number of aromatic nitrogens is 4. The Labute approximate surface area is 158 Å². The van der Waals surface area contributed by atoms with Crippen LogP contribution in [0, 0.1) is 0 Å². The van der Waals surface area contributed by atoms with Gasteiger partial charge in [-0.15, -0.1) is 0 Å². The van der Waals surface area contributed by atoms with E-state index in [1.807, 2.05) is 12.1 Å². The van der Waals surface area contributed by atoms with E-state index in [4.69, 9.17) is 0 Å². The molecular formula is C18H16F3N5S. The highest BCUT2D eigenvalue weighted by atomic mass is 32.1. The zero-order chi connectivity index (χ0) is 18.9. The Balaban J connectivity index is 1.53. The molecule has 4 rings (SSSR count). The average molecular weight is 391 g/mol. The van der Waals surface area contributed by atoms with Crippen molar-refractivity contribution in [3.8, 4) is 11.5 Å². The van der Waals surface area contributed by atoms with Gasteiger partial charge in [-0.25, -0.2) is 4.98 Å². The molecule has 1 fully saturated rings. The third-order valence-electron chi connectivity index (χ3n) is 4.39. The maximum Gasteiger partial charge on any atom is 0.416 e. The van der Waals surface area contributed by atoms with Gasteiger partial charge in [0.1, 0.15) is 10.7 Å². The second-order valence-electron chi connectivity index (χ2n) is 6.32. The van der Waals surface area contributed by atoms with E-state index in [9.17, 15) is 13.2 Å². The minimum absolute atomic E-state index is 0.117. The van der Waals surface area contributed by atoms with Gasteiger partial charge in [0.15, 0.2) is 5.82 Å². The summed E-state index contributed by atoms with van der Waals surface area (Å²) in [6, 6.07) is 5.93. The van der Waals surface area contributed by atoms with Crippen LogP contribution >= 0.6 is 11.5 Å². The Morgan fingerprint density at radius 2 is 1.81 bits per heavy atom. The largest absolute Gasteiger partial charge is 0.416 e. The van der Waals surface area contributed by atoms with Crippen molar-refractivity contribution in [3.63, 3.8) is 0 Å². The van der Waals surface area contributed by atoms with Crippen molar-refractivity contribution in [2.24, 2.45) is 0 Å². The number of hydrogen-bond donors (Lipinski definition) is 0. The second-order valence-corrected chi connectivity index (χ2v) is 7.15. The predicted molar refractivity (Wildman–Crippen MR) is 96.6 cm³/mol. The average Bonchev–Trinajstić information content (AvgIpc) is 3.33. The van der Waals surface area contributed by atoms with Crippen molar-refractivity contribution >= 4 is 17.2 Å². The normalized spacial score (nSPS) is 14.7. The SMILES string of the molecule is FC(F)(F)c1ccnc(-c2nsc(Cc3cc(N4CCCC4)ccn3)n2)c1. The molecule has 0 saturated carbocycles. The molecule has 1 aliphatic heterocycles. The molecule has 0 unspecified atom stereocenters. The van der Waals surface area contributed by atoms with E-state index < -0.39 is 11.7 Å². The molecule has 0 atom stereocenters. The van der Waals surface area contributed by atoms with E-state index in [1.165, 1.54) is 12.8 Å². The van der Waals surface area contributed by atoms with Crippen LogP contribution in [0.4, 0.5) is 18.9 Å². The topological polar surface area (TPSA) is 54.8 Å². The highest BCUT2D eigenvalue weighted by Gasteiger charge is 2.31. The summed E-state index contributed by atoms with van der Waals surface area (Å²) < 4.78 is 42.8. The standard InChI is InChI=1S/C18H16F3N5S/c19-18(20,21)12-3-5-23-15(9-12)17-24-16(27-25-17)11-13-10-14(4-6-22-13)26-7-1-2-8-26/h3-6,9-10H,1-2,7-8,11H2. The van der Waals surface area contributed by atoms with Crippen LogP contribution in [0.1, 0.15) is 29.1 Å². The number of nitrogens with zero attached hydrogens (tertiary/aromatic N) is 5. The maximum absolute atomic E-state index is 12.9. The molecule has 4 heterocycles. The van der Waals surface area contributed by atoms with Gasteiger partial charge in [-0.2, -0.15) is 17.5 Å². The van der Waals surface area contributed by atoms with Crippen LogP contribution in [0.25, 0.3) is 11.5 Å². The molecule has 3 aromatic rings. The molecule has 0 spiro atoms. The van der Waals surface area contributed by atoms with E-state index in [0.29, 0.717) is 11.4 Å². The van der Waals surface area contributed by atoms with Crippen LogP contribution in [-0.2, 0) is 12.6 Å². The van der Waals surface area contributed by atoms with Gasteiger partial charge in [-0.3, -0.25) is 9.97 Å². The van der Waals surface area contributed by atoms with Crippen LogP contribution in [0.15, 0.2) is 36.7 Å². The lowest BCUT2D eigenvalue weighted by atomic mass is 10.2. The number of pyridine rings is 2. The number of rotatable bonds is 4. The second kappa shape index (κ2) is 7.22. The molecule has 0 aliphatic carbocycles. The zero-order valence-electron chi connectivity index (χ0n) is 14.3. The number of hydrogen-bond acceptors (Lipinski definition) is 6. The Morgan fingerprint density at radius 3 is 2.59 bits per heavy atom. The Morgan fingerprint density at radius 1 is 1.04 bits per heavy atom. The maximum atomic E-state index is 12.9. The lowest BCUT2D eigenvalue weighted by Crippen LogP contribution is -2.17. The van der Waals surface area contributed by atoms with E-state index in [0.717, 1.165) is 54.3 Å². The highest BCUT2D eigenvalue weighted by molar-refractivity contribution is 7.05. The van der Waals surface area contributed by atoms with E-state index in [1.54, 1.807) is 6.20 Å². The minimum atomic E-state index is -4.42. The van der Waals surface area contributed by atoms with Gasteiger partial charge in [-0.05, 0) is 48.6 Å². The first-order valence-electron chi connectivity index (χ1n) is 8.55. The summed E-state index contributed by atoms with van der Waals surface area (Å²) in [6.07, 6.45) is 1.36. The quantitative estimate of drug-likeness (QED) is 0.667. The van der Waals surface area contributed by atoms with Crippen molar-refractivity contribution < 1.29 is 13.2 Å². The molecule has 0 amide bonds. The van der Waals surface area contributed by atoms with Crippen LogP contribution in [0.3, 0.4) is 0 Å². The van der Waals surface area contributed by atoms with E-state index in [-0.39, 0.29) is 11.5 Å². The molecule has 0 radical (unpaired) electrons. The molecule has 140 valence electrons. The predicted octanol–water partition coefficient (Wildman–Crippen LogP) is 4.20. The summed E-state index contributed by atoms with van der Waals surface area (Å²) in [5.74, 6) is 0.205. The molecule has 0 bridgehead atoms. The monoisotopic (exact) mass is 391 g/mol. The van der Waals surface area contributed by atoms with E-state index >= 15 is 0 Å². The summed E-state index contributed by atoms with van der Waals surface area (Å²) in [4.78, 5) is 15.0. The first kappa shape index (κ1) is 17.8.